The monoisotopic (exact) mass is 324 g/mol. The van der Waals surface area contributed by atoms with E-state index in [-0.39, 0.29) is 17.9 Å². The van der Waals surface area contributed by atoms with Crippen molar-refractivity contribution in [3.8, 4) is 0 Å². The summed E-state index contributed by atoms with van der Waals surface area (Å²) >= 11 is 3.39. The molecule has 102 valence electrons. The Balaban J connectivity index is 1.85. The Kier molecular flexibility index (Phi) is 3.58. The number of hydrogen-bond donors (Lipinski definition) is 0. The molecule has 2 unspecified atom stereocenters. The summed E-state index contributed by atoms with van der Waals surface area (Å²) in [5, 5.41) is 0. The zero-order valence-corrected chi connectivity index (χ0v) is 12.5. The van der Waals surface area contributed by atoms with Crippen LogP contribution in [0.1, 0.15) is 25.5 Å². The van der Waals surface area contributed by atoms with Gasteiger partial charge in [-0.05, 0) is 54.2 Å². The van der Waals surface area contributed by atoms with Crippen molar-refractivity contribution in [1.29, 1.82) is 0 Å². The van der Waals surface area contributed by atoms with Crippen LogP contribution in [0.15, 0.2) is 16.7 Å². The molecule has 19 heavy (non-hydrogen) atoms. The van der Waals surface area contributed by atoms with Crippen LogP contribution in [0.3, 0.4) is 0 Å². The first-order valence-corrected chi connectivity index (χ1v) is 7.53. The molecule has 5 heteroatoms. The van der Waals surface area contributed by atoms with Crippen molar-refractivity contribution in [1.82, 2.24) is 4.98 Å². The van der Waals surface area contributed by atoms with E-state index in [0.717, 1.165) is 41.8 Å². The number of anilines is 1. The fourth-order valence-corrected chi connectivity index (χ4v) is 3.21. The van der Waals surface area contributed by atoms with E-state index in [9.17, 15) is 4.79 Å². The van der Waals surface area contributed by atoms with Crippen molar-refractivity contribution in [3.05, 3.63) is 22.4 Å². The fraction of sp³-hybridized carbons (Fsp3) is 0.571. The Morgan fingerprint density at radius 1 is 1.53 bits per heavy atom. The van der Waals surface area contributed by atoms with Crippen LogP contribution in [0.2, 0.25) is 0 Å². The fourth-order valence-electron chi connectivity index (χ4n) is 2.86. The van der Waals surface area contributed by atoms with Crippen LogP contribution in [0, 0.1) is 5.92 Å². The summed E-state index contributed by atoms with van der Waals surface area (Å²) < 4.78 is 6.35. The highest BCUT2D eigenvalue weighted by molar-refractivity contribution is 9.10. The summed E-state index contributed by atoms with van der Waals surface area (Å²) in [5.41, 5.74) is 1.99. The van der Waals surface area contributed by atoms with Crippen LogP contribution in [0.5, 0.6) is 0 Å². The van der Waals surface area contributed by atoms with Gasteiger partial charge >= 0.3 is 0 Å². The van der Waals surface area contributed by atoms with Gasteiger partial charge < -0.3 is 9.64 Å². The minimum Gasteiger partial charge on any atom is -0.378 e. The molecule has 3 heterocycles. The van der Waals surface area contributed by atoms with Gasteiger partial charge in [0.1, 0.15) is 4.60 Å². The lowest BCUT2D eigenvalue weighted by Crippen LogP contribution is -2.40. The normalized spacial score (nSPS) is 26.3. The minimum absolute atomic E-state index is 0.00426. The molecule has 0 spiro atoms. The molecular formula is C14H17BrN2O2. The first kappa shape index (κ1) is 13.1. The highest BCUT2D eigenvalue weighted by Gasteiger charge is 2.34. The molecule has 0 radical (unpaired) electrons. The van der Waals surface area contributed by atoms with E-state index in [1.807, 2.05) is 24.0 Å². The highest BCUT2D eigenvalue weighted by Crippen LogP contribution is 2.30. The van der Waals surface area contributed by atoms with E-state index >= 15 is 0 Å². The zero-order chi connectivity index (χ0) is 13.4. The topological polar surface area (TPSA) is 42.4 Å². The van der Waals surface area contributed by atoms with Gasteiger partial charge in [-0.25, -0.2) is 4.98 Å². The lowest BCUT2D eigenvalue weighted by atomic mass is 10.0. The first-order chi connectivity index (χ1) is 9.15. The molecular weight excluding hydrogens is 308 g/mol. The van der Waals surface area contributed by atoms with E-state index in [2.05, 4.69) is 20.9 Å². The molecule has 3 rings (SSSR count). The number of ether oxygens (including phenoxy) is 1. The van der Waals surface area contributed by atoms with Gasteiger partial charge in [0.15, 0.2) is 0 Å². The third-order valence-electron chi connectivity index (χ3n) is 3.82. The van der Waals surface area contributed by atoms with Crippen LogP contribution in [0.25, 0.3) is 0 Å². The van der Waals surface area contributed by atoms with Gasteiger partial charge in [-0.2, -0.15) is 0 Å². The number of amides is 1. The van der Waals surface area contributed by atoms with Crippen molar-refractivity contribution in [3.63, 3.8) is 0 Å². The molecule has 2 atom stereocenters. The summed E-state index contributed by atoms with van der Waals surface area (Å²) in [4.78, 5) is 19.0. The number of pyridine rings is 1. The lowest BCUT2D eigenvalue weighted by Gasteiger charge is -2.30. The van der Waals surface area contributed by atoms with Gasteiger partial charge in [0, 0.05) is 6.54 Å². The van der Waals surface area contributed by atoms with E-state index in [1.165, 1.54) is 0 Å². The second-order valence-corrected chi connectivity index (χ2v) is 6.08. The smallest absolute Gasteiger partial charge is 0.232 e. The molecule has 0 aliphatic carbocycles. The Morgan fingerprint density at radius 2 is 2.37 bits per heavy atom. The quantitative estimate of drug-likeness (QED) is 0.745. The standard InChI is InChI=1S/C14H17BrN2O2/c1-9-7-10(8-19-9)14(18)17-6-2-3-11-12(17)4-5-13(15)16-11/h4-5,9-10H,2-3,6-8H2,1H3. The van der Waals surface area contributed by atoms with Crippen LogP contribution in [-0.2, 0) is 16.0 Å². The second-order valence-electron chi connectivity index (χ2n) is 5.27. The average molecular weight is 325 g/mol. The molecule has 1 fully saturated rings. The predicted octanol–water partition coefficient (Wildman–Crippen LogP) is 2.55. The minimum atomic E-state index is 0.00426. The number of rotatable bonds is 1. The highest BCUT2D eigenvalue weighted by atomic mass is 79.9. The molecule has 1 aromatic heterocycles. The third kappa shape index (κ3) is 2.54. The van der Waals surface area contributed by atoms with Crippen LogP contribution in [0.4, 0.5) is 5.69 Å². The second kappa shape index (κ2) is 5.21. The number of aryl methyl sites for hydroxylation is 1. The maximum absolute atomic E-state index is 12.6. The first-order valence-electron chi connectivity index (χ1n) is 6.73. The van der Waals surface area contributed by atoms with Crippen LogP contribution in [-0.4, -0.2) is 30.1 Å². The summed E-state index contributed by atoms with van der Waals surface area (Å²) in [6, 6.07) is 3.89. The Bertz CT molecular complexity index is 506. The predicted molar refractivity (Wildman–Crippen MR) is 76.1 cm³/mol. The number of hydrogen-bond acceptors (Lipinski definition) is 3. The van der Waals surface area contributed by atoms with Crippen molar-refractivity contribution in [2.45, 2.75) is 32.3 Å². The number of nitrogens with zero attached hydrogens (tertiary/aromatic N) is 2. The Morgan fingerprint density at radius 3 is 3.11 bits per heavy atom. The molecule has 1 amide bonds. The molecule has 2 aliphatic heterocycles. The Labute approximate surface area is 121 Å². The zero-order valence-electron chi connectivity index (χ0n) is 10.9. The van der Waals surface area contributed by atoms with Gasteiger partial charge in [-0.3, -0.25) is 4.79 Å². The van der Waals surface area contributed by atoms with Crippen LogP contribution >= 0.6 is 15.9 Å². The van der Waals surface area contributed by atoms with E-state index in [0.29, 0.717) is 6.61 Å². The van der Waals surface area contributed by atoms with E-state index < -0.39 is 0 Å². The van der Waals surface area contributed by atoms with E-state index in [1.54, 1.807) is 0 Å². The van der Waals surface area contributed by atoms with Gasteiger partial charge in [0.25, 0.3) is 0 Å². The van der Waals surface area contributed by atoms with Crippen molar-refractivity contribution in [2.75, 3.05) is 18.1 Å². The average Bonchev–Trinajstić information content (AvgIpc) is 2.83. The maximum Gasteiger partial charge on any atom is 0.232 e. The third-order valence-corrected chi connectivity index (χ3v) is 4.26. The summed E-state index contributed by atoms with van der Waals surface area (Å²) in [7, 11) is 0. The molecule has 1 saturated heterocycles. The number of halogens is 1. The molecule has 0 saturated carbocycles. The Hall–Kier alpha value is -0.940. The molecule has 2 aliphatic rings. The van der Waals surface area contributed by atoms with Crippen molar-refractivity contribution < 1.29 is 9.53 Å². The number of fused-ring (bicyclic) bond motifs is 1. The van der Waals surface area contributed by atoms with Gasteiger partial charge in [-0.15, -0.1) is 0 Å². The summed E-state index contributed by atoms with van der Waals surface area (Å²) in [6.45, 7) is 3.37. The van der Waals surface area contributed by atoms with Crippen LogP contribution < -0.4 is 4.90 Å². The summed E-state index contributed by atoms with van der Waals surface area (Å²) in [5.74, 6) is 0.194. The van der Waals surface area contributed by atoms with Gasteiger partial charge in [-0.1, -0.05) is 0 Å². The van der Waals surface area contributed by atoms with E-state index in [4.69, 9.17) is 4.74 Å². The van der Waals surface area contributed by atoms with Gasteiger partial charge in [0.05, 0.1) is 30.0 Å². The molecule has 0 aromatic carbocycles. The molecule has 0 bridgehead atoms. The maximum atomic E-state index is 12.6. The number of aromatic nitrogens is 1. The van der Waals surface area contributed by atoms with Crippen molar-refractivity contribution in [2.24, 2.45) is 5.92 Å². The summed E-state index contributed by atoms with van der Waals surface area (Å²) in [6.07, 6.45) is 2.94. The van der Waals surface area contributed by atoms with Crippen molar-refractivity contribution >= 4 is 27.5 Å². The SMILES string of the molecule is CC1CC(C(=O)N2CCCc3nc(Br)ccc32)CO1. The molecule has 4 nitrogen and oxygen atoms in total. The number of carbonyl (C=O) groups is 1. The lowest BCUT2D eigenvalue weighted by molar-refractivity contribution is -0.122. The largest absolute Gasteiger partial charge is 0.378 e. The molecule has 0 N–H and O–H groups in total. The number of carbonyl (C=O) groups excluding carboxylic acids is 1. The molecule has 1 aromatic rings. The van der Waals surface area contributed by atoms with Gasteiger partial charge in [0.2, 0.25) is 5.91 Å².